The number of nitrogens with zero attached hydrogens (tertiary/aromatic N) is 5. The Balaban J connectivity index is 1.28. The highest BCUT2D eigenvalue weighted by atomic mass is 32.2. The predicted molar refractivity (Wildman–Crippen MR) is 204 cm³/mol. The Bertz CT molecular complexity index is 2400. The number of fused-ring (bicyclic) bond motifs is 3. The lowest BCUT2D eigenvalue weighted by Crippen LogP contribution is -2.37. The van der Waals surface area contributed by atoms with E-state index < -0.39 is 10.1 Å². The fourth-order valence-corrected chi connectivity index (χ4v) is 7.96. The van der Waals surface area contributed by atoms with Gasteiger partial charge in [0.25, 0.3) is 21.1 Å². The van der Waals surface area contributed by atoms with Gasteiger partial charge in [0.15, 0.2) is 16.8 Å². The second kappa shape index (κ2) is 14.1. The molecule has 0 spiro atoms. The molecule has 0 saturated carbocycles. The molecule has 12 heteroatoms. The third kappa shape index (κ3) is 6.90. The van der Waals surface area contributed by atoms with Gasteiger partial charge < -0.3 is 14.5 Å². The molecule has 7 rings (SSSR count). The predicted octanol–water partition coefficient (Wildman–Crippen LogP) is 8.02. The molecule has 1 N–H and O–H groups in total. The lowest BCUT2D eigenvalue weighted by molar-refractivity contribution is -0.673. The fraction of sp³-hybridized carbons (Fsp3) is 0.205. The molecule has 0 aliphatic carbocycles. The maximum Gasteiger partial charge on any atom is 0.287 e. The molecule has 2 aromatic heterocycles. The van der Waals surface area contributed by atoms with Crippen molar-refractivity contribution in [3.8, 4) is 16.6 Å². The van der Waals surface area contributed by atoms with Gasteiger partial charge in [0.05, 0.1) is 33.9 Å². The molecule has 3 heterocycles. The minimum absolute atomic E-state index is 0.0653. The second-order valence-electron chi connectivity index (χ2n) is 12.2. The zero-order valence-electron chi connectivity index (χ0n) is 28.6. The van der Waals surface area contributed by atoms with Gasteiger partial charge in [-0.05, 0) is 75.4 Å². The van der Waals surface area contributed by atoms with Crippen LogP contribution in [0.3, 0.4) is 0 Å². The monoisotopic (exact) mass is 720 g/mol. The first-order chi connectivity index (χ1) is 24.6. The zero-order chi connectivity index (χ0) is 35.7. The third-order valence-corrected chi connectivity index (χ3v) is 10.6. The molecule has 0 bridgehead atoms. The minimum atomic E-state index is -4.15. The van der Waals surface area contributed by atoms with E-state index in [-0.39, 0.29) is 18.0 Å². The molecule has 0 radical (unpaired) electrons. The van der Waals surface area contributed by atoms with Crippen LogP contribution in [-0.4, -0.2) is 47.1 Å². The van der Waals surface area contributed by atoms with Gasteiger partial charge in [-0.3, -0.25) is 9.35 Å². The van der Waals surface area contributed by atoms with Crippen molar-refractivity contribution in [3.05, 3.63) is 120 Å². The summed E-state index contributed by atoms with van der Waals surface area (Å²) in [5.74, 6) is 2.06. The first-order valence-corrected chi connectivity index (χ1v) is 19.3. The average Bonchev–Trinajstić information content (AvgIpc) is 3.76. The Morgan fingerprint density at radius 1 is 0.941 bits per heavy atom. The van der Waals surface area contributed by atoms with Gasteiger partial charge >= 0.3 is 0 Å². The number of aryl methyl sites for hydroxylation is 1. The van der Waals surface area contributed by atoms with Gasteiger partial charge in [-0.2, -0.15) is 13.0 Å². The van der Waals surface area contributed by atoms with Gasteiger partial charge in [0, 0.05) is 43.3 Å². The van der Waals surface area contributed by atoms with E-state index in [0.29, 0.717) is 23.1 Å². The molecule has 51 heavy (non-hydrogen) atoms. The number of imidazole rings is 1. The van der Waals surface area contributed by atoms with Crippen LogP contribution in [0.25, 0.3) is 33.0 Å². The van der Waals surface area contributed by atoms with Crippen molar-refractivity contribution >= 4 is 65.9 Å². The molecule has 0 unspecified atom stereocenters. The van der Waals surface area contributed by atoms with Crippen LogP contribution in [0.2, 0.25) is 0 Å². The summed E-state index contributed by atoms with van der Waals surface area (Å²) >= 11 is 1.52. The molecule has 4 aromatic carbocycles. The number of Topliss-reactive ketones (excluding diaryl/α,β-unsaturated/α-hetero) is 1. The largest absolute Gasteiger partial charge is 0.431 e. The number of thiazole rings is 1. The first kappa shape index (κ1) is 34.2. The van der Waals surface area contributed by atoms with E-state index in [0.717, 1.165) is 63.0 Å². The van der Waals surface area contributed by atoms with Crippen molar-refractivity contribution in [3.63, 3.8) is 0 Å². The highest BCUT2D eigenvalue weighted by molar-refractivity contribution is 7.85. The van der Waals surface area contributed by atoms with Crippen LogP contribution in [0, 0.1) is 0 Å². The highest BCUT2D eigenvalue weighted by Gasteiger charge is 2.30. The number of aromatic nitrogens is 3. The molecule has 10 nitrogen and oxygen atoms in total. The normalized spacial score (nSPS) is 14.0. The molecule has 0 amide bonds. The van der Waals surface area contributed by atoms with Crippen LogP contribution in [-0.2, 0) is 16.7 Å². The molecule has 6 aromatic rings. The first-order valence-electron chi connectivity index (χ1n) is 16.9. The van der Waals surface area contributed by atoms with Gasteiger partial charge in [-0.15, -0.1) is 0 Å². The number of carbonyl (C=O) groups is 1. The number of carbonyl (C=O) groups excluding carboxylic acids is 1. The molecule has 0 saturated heterocycles. The summed E-state index contributed by atoms with van der Waals surface area (Å²) in [5.41, 5.74) is 6.14. The number of rotatable bonds is 12. The summed E-state index contributed by atoms with van der Waals surface area (Å²) in [4.78, 5) is 21.6. The van der Waals surface area contributed by atoms with Crippen LogP contribution < -0.4 is 19.1 Å². The van der Waals surface area contributed by atoms with Gasteiger partial charge in [0.1, 0.15) is 17.3 Å². The summed E-state index contributed by atoms with van der Waals surface area (Å²) in [5, 5.41) is 0.595. The number of anilines is 2. The van der Waals surface area contributed by atoms with Crippen molar-refractivity contribution in [2.75, 3.05) is 28.6 Å². The van der Waals surface area contributed by atoms with Crippen molar-refractivity contribution < 1.29 is 27.1 Å². The molecule has 1 aliphatic rings. The summed E-state index contributed by atoms with van der Waals surface area (Å²) < 4.78 is 44.3. The highest BCUT2D eigenvalue weighted by Crippen LogP contribution is 2.44. The molecule has 1 aliphatic heterocycles. The van der Waals surface area contributed by atoms with Crippen LogP contribution in [0.1, 0.15) is 43.4 Å². The van der Waals surface area contributed by atoms with Crippen molar-refractivity contribution in [1.29, 1.82) is 0 Å². The van der Waals surface area contributed by atoms with E-state index in [2.05, 4.69) is 51.4 Å². The Labute approximate surface area is 300 Å². The lowest BCUT2D eigenvalue weighted by Gasteiger charge is -2.23. The Morgan fingerprint density at radius 3 is 2.41 bits per heavy atom. The summed E-state index contributed by atoms with van der Waals surface area (Å²) in [6.45, 7) is 7.54. The van der Waals surface area contributed by atoms with E-state index >= 15 is 0 Å². The molecule has 0 atom stereocenters. The summed E-state index contributed by atoms with van der Waals surface area (Å²) in [7, 11) is -4.15. The van der Waals surface area contributed by atoms with E-state index in [1.165, 1.54) is 18.3 Å². The summed E-state index contributed by atoms with van der Waals surface area (Å²) in [6, 6.07) is 29.6. The van der Waals surface area contributed by atoms with E-state index in [1.54, 1.807) is 0 Å². The standard InChI is InChI=1S/C39H37N5O5S2/c1-4-41-32-22-20-30(49-39-40-31-15-9-10-16-36(31)50-39)26-35(32)42(5-2)37(41)17-11-18-38-43(23-12-24-51(46,47)48)34-25-28(27(3)45)19-21-33(34)44(38)29-13-7-6-8-14-29/h6-11,13-22,25-26H,4-5,12,23-24H2,1-3H3/p+1. The third-order valence-electron chi connectivity index (χ3n) is 8.90. The van der Waals surface area contributed by atoms with Gasteiger partial charge in [0.2, 0.25) is 0 Å². The van der Waals surface area contributed by atoms with E-state index in [4.69, 9.17) is 4.74 Å². The number of allylic oxidation sites excluding steroid dienone is 2. The summed E-state index contributed by atoms with van der Waals surface area (Å²) in [6.07, 6.45) is 6.28. The number of hydrogen-bond donors (Lipinski definition) is 1. The van der Waals surface area contributed by atoms with Gasteiger partial charge in [-0.1, -0.05) is 47.7 Å². The fourth-order valence-electron chi connectivity index (χ4n) is 6.63. The maximum absolute atomic E-state index is 12.4. The zero-order valence-corrected chi connectivity index (χ0v) is 30.2. The Kier molecular flexibility index (Phi) is 9.47. The van der Waals surface area contributed by atoms with Crippen molar-refractivity contribution in [1.82, 2.24) is 9.55 Å². The van der Waals surface area contributed by atoms with E-state index in [1.807, 2.05) is 95.6 Å². The number of para-hydroxylation sites is 2. The molecule has 260 valence electrons. The molecular formula is C39H38N5O5S2+. The van der Waals surface area contributed by atoms with Gasteiger partial charge in [-0.25, -0.2) is 9.55 Å². The van der Waals surface area contributed by atoms with Crippen molar-refractivity contribution in [2.45, 2.75) is 33.7 Å². The topological polar surface area (TPSA) is 109 Å². The number of benzene rings is 4. The van der Waals surface area contributed by atoms with Crippen LogP contribution in [0.5, 0.6) is 10.9 Å². The Morgan fingerprint density at radius 2 is 1.69 bits per heavy atom. The second-order valence-corrected chi connectivity index (χ2v) is 14.7. The number of ketones is 1. The minimum Gasteiger partial charge on any atom is -0.431 e. The molecule has 0 fully saturated rings. The van der Waals surface area contributed by atoms with Crippen molar-refractivity contribution in [2.24, 2.45) is 0 Å². The average molecular weight is 721 g/mol. The van der Waals surface area contributed by atoms with Crippen LogP contribution in [0.4, 0.5) is 11.4 Å². The maximum atomic E-state index is 12.4. The number of ether oxygens (including phenoxy) is 1. The molecular weight excluding hydrogens is 683 g/mol. The lowest BCUT2D eigenvalue weighted by atomic mass is 10.1. The Hall–Kier alpha value is -5.30. The SMILES string of the molecule is CCN1/C(=C\C=C\c2n(-c3ccccc3)c3ccc(C(C)=O)cc3[n+]2CCCS(=O)(=O)O)N(CC)c2cc(Oc3nc4ccccc4s3)ccc21. The van der Waals surface area contributed by atoms with E-state index in [9.17, 15) is 17.8 Å². The van der Waals surface area contributed by atoms with Crippen LogP contribution >= 0.6 is 11.3 Å². The number of hydrogen-bond acceptors (Lipinski definition) is 8. The van der Waals surface area contributed by atoms with Crippen LogP contribution in [0.15, 0.2) is 109 Å². The smallest absolute Gasteiger partial charge is 0.287 e. The quantitative estimate of drug-likeness (QED) is 0.0770.